The topological polar surface area (TPSA) is 84.9 Å². The number of Topliss-reactive ketones (excluding diaryl/α,β-unsaturated/α-hetero) is 2. The number of halogens is 1. The van der Waals surface area contributed by atoms with Gasteiger partial charge in [-0.3, -0.25) is 14.4 Å². The monoisotopic (exact) mass is 654 g/mol. The van der Waals surface area contributed by atoms with Crippen molar-refractivity contribution >= 4 is 45.8 Å². The Morgan fingerprint density at radius 3 is 2.23 bits per heavy atom. The number of para-hydroxylation sites is 1. The van der Waals surface area contributed by atoms with Gasteiger partial charge < -0.3 is 19.7 Å². The summed E-state index contributed by atoms with van der Waals surface area (Å²) >= 11 is 2.19. The van der Waals surface area contributed by atoms with Gasteiger partial charge in [-0.1, -0.05) is 18.2 Å². The predicted molar refractivity (Wildman–Crippen MR) is 163 cm³/mol. The van der Waals surface area contributed by atoms with E-state index >= 15 is 0 Å². The molecule has 1 aliphatic heterocycles. The highest BCUT2D eigenvalue weighted by molar-refractivity contribution is 14.1. The Labute approximate surface area is 249 Å². The van der Waals surface area contributed by atoms with Gasteiger partial charge in [0, 0.05) is 53.5 Å². The minimum atomic E-state index is -0.417. The molecule has 5 rings (SSSR count). The fourth-order valence-electron chi connectivity index (χ4n) is 6.13. The number of carbonyl (C=O) groups excluding carboxylic acids is 3. The molecule has 0 fully saturated rings. The van der Waals surface area contributed by atoms with E-state index in [9.17, 15) is 14.4 Å². The second-order valence-electron chi connectivity index (χ2n) is 10.4. The zero-order chi connectivity index (χ0) is 28.4. The second-order valence-corrected chi connectivity index (χ2v) is 11.5. The Hall–Kier alpha value is -3.14. The average molecular weight is 655 g/mol. The van der Waals surface area contributed by atoms with Crippen molar-refractivity contribution in [3.63, 3.8) is 0 Å². The van der Waals surface area contributed by atoms with Crippen LogP contribution in [0.25, 0.3) is 0 Å². The Morgan fingerprint density at radius 2 is 1.62 bits per heavy atom. The van der Waals surface area contributed by atoms with Gasteiger partial charge in [0.15, 0.2) is 29.7 Å². The van der Waals surface area contributed by atoms with Crippen molar-refractivity contribution < 1.29 is 23.9 Å². The SMILES string of the molecule is CCOc1cc(C2C3=C(CCCC3=O)N(CC)C3=C2C(=O)CCC3)cc(I)c1OCC(=O)Nc1ccccc1C. The van der Waals surface area contributed by atoms with Crippen molar-refractivity contribution in [2.45, 2.75) is 65.2 Å². The van der Waals surface area contributed by atoms with E-state index in [-0.39, 0.29) is 24.1 Å². The molecule has 0 saturated heterocycles. The lowest BCUT2D eigenvalue weighted by Crippen LogP contribution is -2.39. The van der Waals surface area contributed by atoms with Crippen LogP contribution in [0.4, 0.5) is 5.69 Å². The van der Waals surface area contributed by atoms with Crippen molar-refractivity contribution in [3.8, 4) is 11.5 Å². The van der Waals surface area contributed by atoms with Crippen LogP contribution in [-0.2, 0) is 14.4 Å². The maximum Gasteiger partial charge on any atom is 0.262 e. The van der Waals surface area contributed by atoms with E-state index in [2.05, 4.69) is 39.7 Å². The van der Waals surface area contributed by atoms with Crippen LogP contribution in [0.3, 0.4) is 0 Å². The molecule has 0 bridgehead atoms. The highest BCUT2D eigenvalue weighted by atomic mass is 127. The molecule has 2 aliphatic carbocycles. The van der Waals surface area contributed by atoms with E-state index in [0.29, 0.717) is 30.9 Å². The molecular weight excluding hydrogens is 619 g/mol. The first kappa shape index (κ1) is 28.4. The third kappa shape index (κ3) is 5.42. The number of nitrogens with zero attached hydrogens (tertiary/aromatic N) is 1. The fourth-order valence-corrected chi connectivity index (χ4v) is 6.91. The van der Waals surface area contributed by atoms with E-state index in [4.69, 9.17) is 9.47 Å². The molecule has 1 N–H and O–H groups in total. The number of nitrogens with one attached hydrogen (secondary N) is 1. The zero-order valence-electron chi connectivity index (χ0n) is 23.3. The highest BCUT2D eigenvalue weighted by Gasteiger charge is 2.43. The van der Waals surface area contributed by atoms with E-state index in [0.717, 1.165) is 75.2 Å². The first-order chi connectivity index (χ1) is 19.3. The van der Waals surface area contributed by atoms with Crippen LogP contribution in [0.1, 0.15) is 69.4 Å². The summed E-state index contributed by atoms with van der Waals surface area (Å²) < 4.78 is 12.8. The van der Waals surface area contributed by atoms with Gasteiger partial charge in [0.1, 0.15) is 0 Å². The molecular formula is C32H35IN2O5. The van der Waals surface area contributed by atoms with Crippen molar-refractivity contribution in [1.29, 1.82) is 0 Å². The fraction of sp³-hybridized carbons (Fsp3) is 0.406. The zero-order valence-corrected chi connectivity index (χ0v) is 25.4. The molecule has 210 valence electrons. The van der Waals surface area contributed by atoms with Gasteiger partial charge in [-0.25, -0.2) is 0 Å². The molecule has 0 unspecified atom stereocenters. The smallest absolute Gasteiger partial charge is 0.262 e. The van der Waals surface area contributed by atoms with Gasteiger partial charge in [0.05, 0.1) is 10.2 Å². The number of hydrogen-bond acceptors (Lipinski definition) is 6. The van der Waals surface area contributed by atoms with E-state index in [1.54, 1.807) is 0 Å². The van der Waals surface area contributed by atoms with Gasteiger partial charge in [-0.2, -0.15) is 0 Å². The Morgan fingerprint density at radius 1 is 0.975 bits per heavy atom. The molecule has 2 aromatic carbocycles. The molecule has 0 atom stereocenters. The van der Waals surface area contributed by atoms with Crippen molar-refractivity contribution in [3.05, 3.63) is 73.6 Å². The quantitative estimate of drug-likeness (QED) is 0.330. The first-order valence-electron chi connectivity index (χ1n) is 14.1. The molecule has 0 aromatic heterocycles. The summed E-state index contributed by atoms with van der Waals surface area (Å²) in [4.78, 5) is 41.8. The molecule has 8 heteroatoms. The first-order valence-corrected chi connectivity index (χ1v) is 15.2. The van der Waals surface area contributed by atoms with Gasteiger partial charge in [-0.05, 0) is 98.4 Å². The molecule has 0 spiro atoms. The summed E-state index contributed by atoms with van der Waals surface area (Å²) in [5, 5.41) is 2.90. The minimum Gasteiger partial charge on any atom is -0.490 e. The number of ether oxygens (including phenoxy) is 2. The lowest BCUT2D eigenvalue weighted by molar-refractivity contribution is -0.118. The number of aryl methyl sites for hydroxylation is 1. The van der Waals surface area contributed by atoms with Gasteiger partial charge >= 0.3 is 0 Å². The van der Waals surface area contributed by atoms with Crippen LogP contribution in [0, 0.1) is 10.5 Å². The summed E-state index contributed by atoms with van der Waals surface area (Å²) in [5.41, 5.74) is 6.21. The lowest BCUT2D eigenvalue weighted by atomic mass is 9.71. The van der Waals surface area contributed by atoms with Crippen LogP contribution in [0.2, 0.25) is 0 Å². The third-order valence-corrected chi connectivity index (χ3v) is 8.64. The van der Waals surface area contributed by atoms with Crippen LogP contribution < -0.4 is 14.8 Å². The molecule has 1 heterocycles. The van der Waals surface area contributed by atoms with E-state index in [1.165, 1.54) is 0 Å². The molecule has 3 aliphatic rings. The molecule has 40 heavy (non-hydrogen) atoms. The lowest BCUT2D eigenvalue weighted by Gasteiger charge is -2.43. The van der Waals surface area contributed by atoms with Crippen molar-refractivity contribution in [2.75, 3.05) is 25.1 Å². The minimum absolute atomic E-state index is 0.121. The third-order valence-electron chi connectivity index (χ3n) is 7.83. The van der Waals surface area contributed by atoms with E-state index < -0.39 is 5.92 Å². The van der Waals surface area contributed by atoms with Crippen molar-refractivity contribution in [2.24, 2.45) is 0 Å². The van der Waals surface area contributed by atoms with Crippen LogP contribution in [0.15, 0.2) is 58.9 Å². The van der Waals surface area contributed by atoms with E-state index in [1.807, 2.05) is 50.2 Å². The summed E-state index contributed by atoms with van der Waals surface area (Å²) in [6.07, 6.45) is 4.33. The Bertz CT molecular complexity index is 1380. The molecule has 7 nitrogen and oxygen atoms in total. The summed E-state index contributed by atoms with van der Waals surface area (Å²) in [7, 11) is 0. The molecule has 1 amide bonds. The van der Waals surface area contributed by atoms with Gasteiger partial charge in [0.25, 0.3) is 5.91 Å². The summed E-state index contributed by atoms with van der Waals surface area (Å²) in [5.74, 6) is 0.534. The Kier molecular flexibility index (Phi) is 8.63. The number of allylic oxidation sites excluding steroid dienone is 4. The van der Waals surface area contributed by atoms with Gasteiger partial charge in [0.2, 0.25) is 0 Å². The number of benzene rings is 2. The summed E-state index contributed by atoms with van der Waals surface area (Å²) in [6.45, 7) is 6.88. The second kappa shape index (κ2) is 12.2. The molecule has 2 aromatic rings. The normalized spacial score (nSPS) is 17.6. The molecule has 0 radical (unpaired) electrons. The number of ketones is 2. The maximum absolute atomic E-state index is 13.4. The number of anilines is 1. The van der Waals surface area contributed by atoms with Crippen LogP contribution in [0.5, 0.6) is 11.5 Å². The Balaban J connectivity index is 1.52. The number of rotatable bonds is 8. The van der Waals surface area contributed by atoms with Gasteiger partial charge in [-0.15, -0.1) is 0 Å². The standard InChI is InChI=1S/C32H35IN2O5/c1-4-35-23-12-8-14-25(36)30(23)29(31-24(35)13-9-15-26(31)37)20-16-21(33)32(27(17-20)39-5-2)40-18-28(38)34-22-11-7-6-10-19(22)3/h6-7,10-11,16-17,29H,4-5,8-9,12-15,18H2,1-3H3,(H,34,38). The predicted octanol–water partition coefficient (Wildman–Crippen LogP) is 6.45. The number of carbonyl (C=O) groups is 3. The molecule has 0 saturated carbocycles. The van der Waals surface area contributed by atoms with Crippen LogP contribution >= 0.6 is 22.6 Å². The average Bonchev–Trinajstić information content (AvgIpc) is 2.93. The number of amides is 1. The highest BCUT2D eigenvalue weighted by Crippen LogP contribution is 2.50. The van der Waals surface area contributed by atoms with Crippen LogP contribution in [-0.4, -0.2) is 42.1 Å². The van der Waals surface area contributed by atoms with Crippen molar-refractivity contribution in [1.82, 2.24) is 4.90 Å². The maximum atomic E-state index is 13.4. The number of hydrogen-bond donors (Lipinski definition) is 1. The summed E-state index contributed by atoms with van der Waals surface area (Å²) in [6, 6.07) is 11.5. The largest absolute Gasteiger partial charge is 0.490 e.